The number of rotatable bonds is 36. The van der Waals surface area contributed by atoms with E-state index in [1.807, 2.05) is 0 Å². The summed E-state index contributed by atoms with van der Waals surface area (Å²) in [4.78, 5) is 23.3. The molecule has 0 rings (SSSR count). The van der Waals surface area contributed by atoms with E-state index < -0.39 is 5.97 Å². The van der Waals surface area contributed by atoms with Gasteiger partial charge in [-0.3, -0.25) is 9.59 Å². The summed E-state index contributed by atoms with van der Waals surface area (Å²) in [6, 6.07) is 0. The van der Waals surface area contributed by atoms with Crippen molar-refractivity contribution in [2.24, 2.45) is 0 Å². The van der Waals surface area contributed by atoms with Gasteiger partial charge in [0.15, 0.2) is 0 Å². The van der Waals surface area contributed by atoms with E-state index in [4.69, 9.17) is 9.84 Å². The fourth-order valence-electron chi connectivity index (χ4n) is 6.06. The fourth-order valence-corrected chi connectivity index (χ4v) is 6.06. The molecule has 1 N–H and O–H groups in total. The van der Waals surface area contributed by atoms with E-state index in [2.05, 4.69) is 26.0 Å². The van der Waals surface area contributed by atoms with Crippen LogP contribution in [0.5, 0.6) is 0 Å². The number of aliphatic carboxylic acids is 1. The second-order valence-electron chi connectivity index (χ2n) is 13.5. The predicted octanol–water partition coefficient (Wildman–Crippen LogP) is 13.5. The molecular weight excluding hydrogens is 544 g/mol. The van der Waals surface area contributed by atoms with Gasteiger partial charge in [0.1, 0.15) is 6.10 Å². The molecule has 4 heteroatoms. The molecule has 0 saturated carbocycles. The highest BCUT2D eigenvalue weighted by Crippen LogP contribution is 2.19. The van der Waals surface area contributed by atoms with E-state index >= 15 is 0 Å². The van der Waals surface area contributed by atoms with E-state index in [9.17, 15) is 9.59 Å². The zero-order valence-corrected chi connectivity index (χ0v) is 29.7. The summed E-state index contributed by atoms with van der Waals surface area (Å²) < 4.78 is 6.04. The first-order valence-corrected chi connectivity index (χ1v) is 19.7. The van der Waals surface area contributed by atoms with Crippen LogP contribution in [-0.4, -0.2) is 23.1 Å². The topological polar surface area (TPSA) is 63.6 Å². The van der Waals surface area contributed by atoms with Gasteiger partial charge in [-0.05, 0) is 64.2 Å². The van der Waals surface area contributed by atoms with Gasteiger partial charge in [-0.2, -0.15) is 0 Å². The Morgan fingerprint density at radius 3 is 1.25 bits per heavy atom. The molecule has 0 aromatic rings. The minimum absolute atomic E-state index is 0.0226. The second-order valence-corrected chi connectivity index (χ2v) is 13.5. The maximum Gasteiger partial charge on any atom is 0.306 e. The summed E-state index contributed by atoms with van der Waals surface area (Å²) >= 11 is 0. The molecule has 0 saturated heterocycles. The molecule has 0 radical (unpaired) electrons. The van der Waals surface area contributed by atoms with Gasteiger partial charge in [-0.1, -0.05) is 161 Å². The van der Waals surface area contributed by atoms with Crippen LogP contribution < -0.4 is 0 Å². The quantitative estimate of drug-likeness (QED) is 0.0430. The van der Waals surface area contributed by atoms with Crippen LogP contribution in [0.25, 0.3) is 0 Å². The Balaban J connectivity index is 4.08. The lowest BCUT2D eigenvalue weighted by Crippen LogP contribution is -2.18. The summed E-state index contributed by atoms with van der Waals surface area (Å²) in [5, 5.41) is 8.74. The molecule has 0 fully saturated rings. The molecule has 0 aliphatic carbocycles. The third kappa shape index (κ3) is 35.2. The first-order valence-electron chi connectivity index (χ1n) is 19.7. The number of carboxylic acid groups (broad SMARTS) is 1. The van der Waals surface area contributed by atoms with E-state index in [1.54, 1.807) is 0 Å². The van der Waals surface area contributed by atoms with Crippen molar-refractivity contribution in [3.05, 3.63) is 12.2 Å². The molecule has 260 valence electrons. The molecule has 0 heterocycles. The molecule has 1 atom stereocenters. The van der Waals surface area contributed by atoms with Crippen molar-refractivity contribution in [1.29, 1.82) is 0 Å². The predicted molar refractivity (Wildman–Crippen MR) is 190 cm³/mol. The van der Waals surface area contributed by atoms with Gasteiger partial charge in [-0.25, -0.2) is 0 Å². The molecule has 0 amide bonds. The van der Waals surface area contributed by atoms with Crippen molar-refractivity contribution < 1.29 is 19.4 Å². The normalized spacial score (nSPS) is 12.2. The van der Waals surface area contributed by atoms with Crippen LogP contribution in [0.1, 0.15) is 226 Å². The van der Waals surface area contributed by atoms with Crippen LogP contribution in [0, 0.1) is 0 Å². The molecular formula is C40H76O4. The lowest BCUT2D eigenvalue weighted by atomic mass is 10.0. The largest absolute Gasteiger partial charge is 0.481 e. The Kier molecular flexibility index (Phi) is 35.1. The number of hydrogen-bond acceptors (Lipinski definition) is 3. The standard InChI is InChI=1S/C40H76O4/c1-3-5-7-9-11-13-15-16-17-19-25-29-33-37-40(43)44-38(34-30-26-22-18-14-12-10-8-6-4-2)35-31-27-23-20-21-24-28-32-36-39(41)42/h13,15,38H,3-12,14,16-37H2,1-2H3,(H,41,42)/b15-13-. The Labute approximate surface area is 275 Å². The van der Waals surface area contributed by atoms with Gasteiger partial charge in [0.2, 0.25) is 0 Å². The molecule has 0 aromatic heterocycles. The maximum absolute atomic E-state index is 12.7. The minimum Gasteiger partial charge on any atom is -0.481 e. The number of esters is 1. The minimum atomic E-state index is -0.680. The van der Waals surface area contributed by atoms with Gasteiger partial charge in [0.05, 0.1) is 0 Å². The van der Waals surface area contributed by atoms with Crippen molar-refractivity contribution in [2.75, 3.05) is 0 Å². The Bertz CT molecular complexity index is 629. The van der Waals surface area contributed by atoms with E-state index in [0.717, 1.165) is 51.4 Å². The van der Waals surface area contributed by atoms with Crippen molar-refractivity contribution in [2.45, 2.75) is 232 Å². The van der Waals surface area contributed by atoms with Crippen molar-refractivity contribution in [3.63, 3.8) is 0 Å². The summed E-state index contributed by atoms with van der Waals surface area (Å²) in [6.45, 7) is 4.54. The third-order valence-electron chi connectivity index (χ3n) is 8.99. The molecule has 4 nitrogen and oxygen atoms in total. The monoisotopic (exact) mass is 621 g/mol. The smallest absolute Gasteiger partial charge is 0.306 e. The lowest BCUT2D eigenvalue weighted by Gasteiger charge is -2.18. The molecule has 0 aromatic carbocycles. The number of allylic oxidation sites excluding steroid dienone is 2. The van der Waals surface area contributed by atoms with Gasteiger partial charge in [0, 0.05) is 12.8 Å². The van der Waals surface area contributed by atoms with E-state index in [-0.39, 0.29) is 12.1 Å². The summed E-state index contributed by atoms with van der Waals surface area (Å²) in [5.41, 5.74) is 0. The number of hydrogen-bond donors (Lipinski definition) is 1. The van der Waals surface area contributed by atoms with Crippen LogP contribution in [0.3, 0.4) is 0 Å². The maximum atomic E-state index is 12.7. The summed E-state index contributed by atoms with van der Waals surface area (Å²) in [7, 11) is 0. The fraction of sp³-hybridized carbons (Fsp3) is 0.900. The average Bonchev–Trinajstić information content (AvgIpc) is 3.01. The Morgan fingerprint density at radius 1 is 0.477 bits per heavy atom. The zero-order valence-electron chi connectivity index (χ0n) is 29.7. The van der Waals surface area contributed by atoms with Crippen LogP contribution in [-0.2, 0) is 14.3 Å². The van der Waals surface area contributed by atoms with Crippen LogP contribution in [0.2, 0.25) is 0 Å². The summed E-state index contributed by atoms with van der Waals surface area (Å²) in [6.07, 6.45) is 43.7. The van der Waals surface area contributed by atoms with Gasteiger partial charge in [-0.15, -0.1) is 0 Å². The number of unbranched alkanes of at least 4 members (excludes halogenated alkanes) is 25. The molecule has 0 bridgehead atoms. The van der Waals surface area contributed by atoms with Gasteiger partial charge < -0.3 is 9.84 Å². The molecule has 1 unspecified atom stereocenters. The molecule has 0 aliphatic heterocycles. The highest BCUT2D eigenvalue weighted by atomic mass is 16.5. The highest BCUT2D eigenvalue weighted by molar-refractivity contribution is 5.69. The first-order chi connectivity index (χ1) is 21.6. The Morgan fingerprint density at radius 2 is 0.818 bits per heavy atom. The van der Waals surface area contributed by atoms with Crippen molar-refractivity contribution >= 4 is 11.9 Å². The van der Waals surface area contributed by atoms with Gasteiger partial charge >= 0.3 is 11.9 Å². The summed E-state index contributed by atoms with van der Waals surface area (Å²) in [5.74, 6) is -0.658. The van der Waals surface area contributed by atoms with E-state index in [0.29, 0.717) is 12.8 Å². The van der Waals surface area contributed by atoms with Crippen molar-refractivity contribution in [3.8, 4) is 0 Å². The third-order valence-corrected chi connectivity index (χ3v) is 8.99. The van der Waals surface area contributed by atoms with E-state index in [1.165, 1.54) is 148 Å². The Hall–Kier alpha value is -1.32. The van der Waals surface area contributed by atoms with Crippen LogP contribution in [0.15, 0.2) is 12.2 Å². The highest BCUT2D eigenvalue weighted by Gasteiger charge is 2.14. The molecule has 0 aliphatic rings. The number of ether oxygens (including phenoxy) is 1. The second kappa shape index (κ2) is 36.2. The van der Waals surface area contributed by atoms with Crippen molar-refractivity contribution in [1.82, 2.24) is 0 Å². The first kappa shape index (κ1) is 42.7. The number of carbonyl (C=O) groups is 2. The van der Waals surface area contributed by atoms with Crippen LogP contribution in [0.4, 0.5) is 0 Å². The molecule has 44 heavy (non-hydrogen) atoms. The van der Waals surface area contributed by atoms with Crippen LogP contribution >= 0.6 is 0 Å². The number of carboxylic acids is 1. The number of carbonyl (C=O) groups excluding carboxylic acids is 1. The average molecular weight is 621 g/mol. The zero-order chi connectivity index (χ0) is 32.2. The molecule has 0 spiro atoms. The SMILES string of the molecule is CCCCCC/C=C\CCCCCCCC(=O)OC(CCCCCCCCCCCC)CCCCCCCCCCC(=O)O. The lowest BCUT2D eigenvalue weighted by molar-refractivity contribution is -0.150. The van der Waals surface area contributed by atoms with Gasteiger partial charge in [0.25, 0.3) is 0 Å².